The van der Waals surface area contributed by atoms with E-state index < -0.39 is 5.60 Å². The van der Waals surface area contributed by atoms with E-state index in [9.17, 15) is 5.11 Å². The molecule has 0 radical (unpaired) electrons. The Morgan fingerprint density at radius 3 is 2.71 bits per heavy atom. The zero-order valence-electron chi connectivity index (χ0n) is 7.77. The van der Waals surface area contributed by atoms with Crippen molar-refractivity contribution >= 4 is 10.8 Å². The van der Waals surface area contributed by atoms with Crippen LogP contribution in [0.4, 0.5) is 0 Å². The molecule has 1 aliphatic carbocycles. The zero-order chi connectivity index (χ0) is 9.60. The van der Waals surface area contributed by atoms with Gasteiger partial charge in [0.25, 0.3) is 0 Å². The summed E-state index contributed by atoms with van der Waals surface area (Å²) in [6.45, 7) is 0. The lowest BCUT2D eigenvalue weighted by molar-refractivity contribution is 0.153. The van der Waals surface area contributed by atoms with Crippen LogP contribution in [0.5, 0.6) is 0 Å². The highest BCUT2D eigenvalue weighted by molar-refractivity contribution is 5.85. The van der Waals surface area contributed by atoms with Gasteiger partial charge < -0.3 is 5.11 Å². The third-order valence-corrected chi connectivity index (χ3v) is 2.89. The molecular formula is C12H11NO. The first-order valence-electron chi connectivity index (χ1n) is 4.85. The average Bonchev–Trinajstić information content (AvgIpc) is 2.97. The van der Waals surface area contributed by atoms with Crippen LogP contribution in [0.3, 0.4) is 0 Å². The summed E-state index contributed by atoms with van der Waals surface area (Å²) >= 11 is 0. The minimum absolute atomic E-state index is 0.589. The van der Waals surface area contributed by atoms with Crippen LogP contribution in [0.15, 0.2) is 36.7 Å². The molecule has 0 saturated heterocycles. The van der Waals surface area contributed by atoms with Crippen LogP contribution in [0.2, 0.25) is 0 Å². The molecule has 0 aliphatic heterocycles. The van der Waals surface area contributed by atoms with Crippen molar-refractivity contribution < 1.29 is 5.11 Å². The van der Waals surface area contributed by atoms with Crippen LogP contribution in [0.1, 0.15) is 18.4 Å². The van der Waals surface area contributed by atoms with Gasteiger partial charge in [0.05, 0.1) is 5.60 Å². The number of hydrogen-bond donors (Lipinski definition) is 1. The maximum absolute atomic E-state index is 10.1. The molecule has 0 unspecified atom stereocenters. The smallest absolute Gasteiger partial charge is 0.0919 e. The Kier molecular flexibility index (Phi) is 1.45. The van der Waals surface area contributed by atoms with Gasteiger partial charge in [0.15, 0.2) is 0 Å². The van der Waals surface area contributed by atoms with E-state index >= 15 is 0 Å². The van der Waals surface area contributed by atoms with Gasteiger partial charge in [-0.3, -0.25) is 4.98 Å². The molecule has 0 spiro atoms. The normalized spacial score (nSPS) is 18.4. The molecule has 3 rings (SSSR count). The molecule has 1 heterocycles. The van der Waals surface area contributed by atoms with E-state index in [1.54, 1.807) is 6.20 Å². The molecule has 1 aliphatic rings. The molecule has 70 valence electrons. The first kappa shape index (κ1) is 7.94. The number of aliphatic hydroxyl groups is 1. The average molecular weight is 185 g/mol. The van der Waals surface area contributed by atoms with E-state index in [0.29, 0.717) is 0 Å². The van der Waals surface area contributed by atoms with Crippen molar-refractivity contribution in [2.45, 2.75) is 18.4 Å². The first-order chi connectivity index (χ1) is 6.80. The molecule has 1 aromatic carbocycles. The lowest BCUT2D eigenvalue weighted by Gasteiger charge is -2.10. The zero-order valence-corrected chi connectivity index (χ0v) is 7.77. The first-order valence-corrected chi connectivity index (χ1v) is 4.85. The highest BCUT2D eigenvalue weighted by Crippen LogP contribution is 2.47. The molecule has 0 amide bonds. The van der Waals surface area contributed by atoms with Crippen LogP contribution in [0.25, 0.3) is 10.8 Å². The Bertz CT molecular complexity index is 483. The summed E-state index contributed by atoms with van der Waals surface area (Å²) in [4.78, 5) is 4.16. The molecule has 1 saturated carbocycles. The quantitative estimate of drug-likeness (QED) is 0.739. The van der Waals surface area contributed by atoms with E-state index in [1.165, 1.54) is 0 Å². The Balaban J connectivity index is 2.33. The molecule has 1 N–H and O–H groups in total. The van der Waals surface area contributed by atoms with Crippen LogP contribution in [-0.2, 0) is 5.60 Å². The van der Waals surface area contributed by atoms with Crippen LogP contribution in [-0.4, -0.2) is 10.1 Å². The predicted octanol–water partition coefficient (Wildman–Crippen LogP) is 2.22. The molecule has 1 fully saturated rings. The molecule has 2 nitrogen and oxygen atoms in total. The van der Waals surface area contributed by atoms with Crippen molar-refractivity contribution in [2.24, 2.45) is 0 Å². The van der Waals surface area contributed by atoms with Gasteiger partial charge in [-0.25, -0.2) is 0 Å². The fraction of sp³-hybridized carbons (Fsp3) is 0.250. The van der Waals surface area contributed by atoms with E-state index in [-0.39, 0.29) is 0 Å². The topological polar surface area (TPSA) is 33.1 Å². The number of hydrogen-bond acceptors (Lipinski definition) is 2. The number of rotatable bonds is 1. The van der Waals surface area contributed by atoms with E-state index in [2.05, 4.69) is 4.98 Å². The maximum atomic E-state index is 10.1. The molecular weight excluding hydrogens is 174 g/mol. The van der Waals surface area contributed by atoms with Gasteiger partial charge in [-0.05, 0) is 18.2 Å². The Labute approximate surface area is 82.2 Å². The molecule has 2 aromatic rings. The SMILES string of the molecule is OC1(c2cncc3ccccc23)CC1. The minimum Gasteiger partial charge on any atom is -0.385 e. The highest BCUT2D eigenvalue weighted by atomic mass is 16.3. The van der Waals surface area contributed by atoms with Crippen LogP contribution in [0, 0.1) is 0 Å². The third-order valence-electron chi connectivity index (χ3n) is 2.89. The van der Waals surface area contributed by atoms with E-state index in [0.717, 1.165) is 29.2 Å². The summed E-state index contributed by atoms with van der Waals surface area (Å²) < 4.78 is 0. The number of benzene rings is 1. The standard InChI is InChI=1S/C12H11NO/c14-12(5-6-12)11-8-13-7-9-3-1-2-4-10(9)11/h1-4,7-8,14H,5-6H2. The van der Waals surface area contributed by atoms with Gasteiger partial charge >= 0.3 is 0 Å². The van der Waals surface area contributed by atoms with E-state index in [1.807, 2.05) is 30.5 Å². The van der Waals surface area contributed by atoms with Crippen molar-refractivity contribution in [1.82, 2.24) is 4.98 Å². The van der Waals surface area contributed by atoms with Gasteiger partial charge in [0.1, 0.15) is 0 Å². The number of nitrogens with zero attached hydrogens (tertiary/aromatic N) is 1. The molecule has 0 bridgehead atoms. The van der Waals surface area contributed by atoms with Gasteiger partial charge in [-0.2, -0.15) is 0 Å². The minimum atomic E-state index is -0.589. The summed E-state index contributed by atoms with van der Waals surface area (Å²) in [5.74, 6) is 0. The summed E-state index contributed by atoms with van der Waals surface area (Å²) in [6, 6.07) is 8.06. The van der Waals surface area contributed by atoms with Gasteiger partial charge in [0.2, 0.25) is 0 Å². The summed E-state index contributed by atoms with van der Waals surface area (Å²) in [7, 11) is 0. The summed E-state index contributed by atoms with van der Waals surface area (Å²) in [6.07, 6.45) is 5.35. The molecule has 2 heteroatoms. The Morgan fingerprint density at radius 2 is 1.93 bits per heavy atom. The third kappa shape index (κ3) is 1.04. The summed E-state index contributed by atoms with van der Waals surface area (Å²) in [5, 5.41) is 12.3. The second-order valence-corrected chi connectivity index (χ2v) is 3.94. The fourth-order valence-electron chi connectivity index (χ4n) is 1.88. The van der Waals surface area contributed by atoms with Crippen molar-refractivity contribution in [2.75, 3.05) is 0 Å². The predicted molar refractivity (Wildman–Crippen MR) is 54.9 cm³/mol. The molecule has 14 heavy (non-hydrogen) atoms. The summed E-state index contributed by atoms with van der Waals surface area (Å²) in [5.41, 5.74) is 0.393. The maximum Gasteiger partial charge on any atom is 0.0919 e. The van der Waals surface area contributed by atoms with Gasteiger partial charge in [0, 0.05) is 23.3 Å². The van der Waals surface area contributed by atoms with Crippen molar-refractivity contribution in [3.05, 3.63) is 42.2 Å². The lowest BCUT2D eigenvalue weighted by Crippen LogP contribution is -2.05. The largest absolute Gasteiger partial charge is 0.385 e. The Hall–Kier alpha value is -1.41. The van der Waals surface area contributed by atoms with E-state index in [4.69, 9.17) is 0 Å². The second kappa shape index (κ2) is 2.55. The van der Waals surface area contributed by atoms with Gasteiger partial charge in [-0.15, -0.1) is 0 Å². The number of fused-ring (bicyclic) bond motifs is 1. The Morgan fingerprint density at radius 1 is 1.14 bits per heavy atom. The fourth-order valence-corrected chi connectivity index (χ4v) is 1.88. The van der Waals surface area contributed by atoms with Crippen molar-refractivity contribution in [1.29, 1.82) is 0 Å². The van der Waals surface area contributed by atoms with Crippen LogP contribution < -0.4 is 0 Å². The van der Waals surface area contributed by atoms with Crippen molar-refractivity contribution in [3.8, 4) is 0 Å². The molecule has 0 atom stereocenters. The number of pyridine rings is 1. The van der Waals surface area contributed by atoms with Crippen molar-refractivity contribution in [3.63, 3.8) is 0 Å². The molecule has 1 aromatic heterocycles. The lowest BCUT2D eigenvalue weighted by atomic mass is 10.0. The van der Waals surface area contributed by atoms with Crippen LogP contribution >= 0.6 is 0 Å². The monoisotopic (exact) mass is 185 g/mol. The van der Waals surface area contributed by atoms with Gasteiger partial charge in [-0.1, -0.05) is 24.3 Å². The highest BCUT2D eigenvalue weighted by Gasteiger charge is 2.43. The second-order valence-electron chi connectivity index (χ2n) is 3.94. The number of aromatic nitrogens is 1.